The number of benzene rings is 1. The smallest absolute Gasteiger partial charge is 0.315 e. The normalized spacial score (nSPS) is 11.9. The van der Waals surface area contributed by atoms with Crippen LogP contribution in [-0.2, 0) is 0 Å². The van der Waals surface area contributed by atoms with Crippen molar-refractivity contribution >= 4 is 6.03 Å². The van der Waals surface area contributed by atoms with Crippen LogP contribution < -0.4 is 10.6 Å². The topological polar surface area (TPSA) is 41.1 Å². The lowest BCUT2D eigenvalue weighted by Crippen LogP contribution is -2.37. The van der Waals surface area contributed by atoms with Crippen molar-refractivity contribution in [3.63, 3.8) is 0 Å². The molecule has 0 saturated heterocycles. The highest BCUT2D eigenvalue weighted by molar-refractivity contribution is 5.74. The van der Waals surface area contributed by atoms with Crippen LogP contribution in [0.5, 0.6) is 0 Å². The second kappa shape index (κ2) is 13.9. The molecule has 3 heteroatoms. The summed E-state index contributed by atoms with van der Waals surface area (Å²) < 4.78 is 0. The summed E-state index contributed by atoms with van der Waals surface area (Å²) in [6.45, 7) is 5.04. The van der Waals surface area contributed by atoms with Gasteiger partial charge in [-0.3, -0.25) is 0 Å². The minimum Gasteiger partial charge on any atom is -0.338 e. The van der Waals surface area contributed by atoms with Crippen LogP contribution >= 0.6 is 0 Å². The first-order valence-electron chi connectivity index (χ1n) is 9.83. The molecule has 0 heterocycles. The maximum absolute atomic E-state index is 11.9. The van der Waals surface area contributed by atoms with Gasteiger partial charge in [0.05, 0.1) is 6.04 Å². The average molecular weight is 333 g/mol. The summed E-state index contributed by atoms with van der Waals surface area (Å²) in [6.07, 6.45) is 13.2. The molecule has 2 amide bonds. The molecule has 1 atom stereocenters. The van der Waals surface area contributed by atoms with Gasteiger partial charge in [0, 0.05) is 6.54 Å². The Hall–Kier alpha value is -1.51. The molecular weight excluding hydrogens is 296 g/mol. The van der Waals surface area contributed by atoms with E-state index >= 15 is 0 Å². The van der Waals surface area contributed by atoms with E-state index < -0.39 is 0 Å². The van der Waals surface area contributed by atoms with E-state index in [0.717, 1.165) is 18.5 Å². The monoisotopic (exact) mass is 332 g/mol. The van der Waals surface area contributed by atoms with E-state index in [1.807, 2.05) is 37.3 Å². The van der Waals surface area contributed by atoms with Crippen molar-refractivity contribution in [3.05, 3.63) is 35.9 Å². The molecule has 0 aromatic heterocycles. The molecule has 2 N–H and O–H groups in total. The highest BCUT2D eigenvalue weighted by Gasteiger charge is 2.07. The van der Waals surface area contributed by atoms with Gasteiger partial charge in [-0.2, -0.15) is 0 Å². The highest BCUT2D eigenvalue weighted by Crippen LogP contribution is 2.11. The van der Waals surface area contributed by atoms with Gasteiger partial charge in [-0.15, -0.1) is 0 Å². The molecule has 0 fully saturated rings. The number of hydrogen-bond acceptors (Lipinski definition) is 1. The van der Waals surface area contributed by atoms with Crippen LogP contribution in [-0.4, -0.2) is 12.6 Å². The maximum Gasteiger partial charge on any atom is 0.315 e. The molecule has 0 spiro atoms. The van der Waals surface area contributed by atoms with Crippen molar-refractivity contribution in [1.29, 1.82) is 0 Å². The number of hydrogen-bond donors (Lipinski definition) is 2. The van der Waals surface area contributed by atoms with Gasteiger partial charge in [0.2, 0.25) is 0 Å². The summed E-state index contributed by atoms with van der Waals surface area (Å²) in [5.74, 6) is 0. The predicted molar refractivity (Wildman–Crippen MR) is 103 cm³/mol. The van der Waals surface area contributed by atoms with E-state index in [2.05, 4.69) is 17.6 Å². The number of carbonyl (C=O) groups excluding carboxylic acids is 1. The number of nitrogens with one attached hydrogen (secondary N) is 2. The van der Waals surface area contributed by atoms with E-state index in [-0.39, 0.29) is 12.1 Å². The average Bonchev–Trinajstić information content (AvgIpc) is 2.60. The molecule has 0 aliphatic carbocycles. The summed E-state index contributed by atoms with van der Waals surface area (Å²) in [6, 6.07) is 10.0. The van der Waals surface area contributed by atoms with Crippen LogP contribution in [0.1, 0.15) is 89.7 Å². The summed E-state index contributed by atoms with van der Waals surface area (Å²) in [7, 11) is 0. The summed E-state index contributed by atoms with van der Waals surface area (Å²) in [5.41, 5.74) is 1.13. The molecule has 24 heavy (non-hydrogen) atoms. The fraction of sp³-hybridized carbons (Fsp3) is 0.667. The predicted octanol–water partition coefficient (Wildman–Crippen LogP) is 5.97. The van der Waals surface area contributed by atoms with Crippen molar-refractivity contribution in [2.24, 2.45) is 0 Å². The fourth-order valence-corrected chi connectivity index (χ4v) is 2.89. The highest BCUT2D eigenvalue weighted by atomic mass is 16.2. The van der Waals surface area contributed by atoms with Crippen LogP contribution in [0.15, 0.2) is 30.3 Å². The third-order valence-corrected chi connectivity index (χ3v) is 4.46. The Bertz CT molecular complexity index is 419. The molecule has 1 aromatic rings. The lowest BCUT2D eigenvalue weighted by atomic mass is 10.1. The van der Waals surface area contributed by atoms with Gasteiger partial charge in [0.15, 0.2) is 0 Å². The Labute approximate surface area is 148 Å². The minimum absolute atomic E-state index is 0.0407. The maximum atomic E-state index is 11.9. The third-order valence-electron chi connectivity index (χ3n) is 4.46. The molecule has 1 rings (SSSR count). The molecule has 0 aliphatic heterocycles. The molecule has 0 radical (unpaired) electrons. The summed E-state index contributed by atoms with van der Waals surface area (Å²) in [5, 5.41) is 5.94. The zero-order valence-corrected chi connectivity index (χ0v) is 15.7. The first kappa shape index (κ1) is 20.5. The Kier molecular flexibility index (Phi) is 11.9. The van der Waals surface area contributed by atoms with E-state index in [1.165, 1.54) is 57.8 Å². The number of urea groups is 1. The molecule has 3 nitrogen and oxygen atoms in total. The van der Waals surface area contributed by atoms with E-state index in [0.29, 0.717) is 0 Å². The molecule has 136 valence electrons. The van der Waals surface area contributed by atoms with Crippen molar-refractivity contribution < 1.29 is 4.79 Å². The Morgan fingerprint density at radius 2 is 1.42 bits per heavy atom. The lowest BCUT2D eigenvalue weighted by Gasteiger charge is -2.15. The second-order valence-corrected chi connectivity index (χ2v) is 6.71. The third kappa shape index (κ3) is 10.3. The van der Waals surface area contributed by atoms with Crippen LogP contribution in [0.25, 0.3) is 0 Å². The van der Waals surface area contributed by atoms with Gasteiger partial charge in [-0.25, -0.2) is 4.79 Å². The van der Waals surface area contributed by atoms with Crippen LogP contribution in [0.2, 0.25) is 0 Å². The van der Waals surface area contributed by atoms with Crippen molar-refractivity contribution in [1.82, 2.24) is 10.6 Å². The minimum atomic E-state index is -0.0673. The molecule has 1 unspecified atom stereocenters. The Morgan fingerprint density at radius 1 is 0.875 bits per heavy atom. The SMILES string of the molecule is CCCCCCCCCCCCNC(=O)NC(C)c1ccccc1. The molecule has 0 saturated carbocycles. The number of unbranched alkanes of at least 4 members (excludes halogenated alkanes) is 9. The molecule has 1 aromatic carbocycles. The van der Waals surface area contributed by atoms with Gasteiger partial charge in [0.25, 0.3) is 0 Å². The standard InChI is InChI=1S/C21H36N2O/c1-3-4-5-6-7-8-9-10-11-15-18-22-21(24)23-19(2)20-16-13-12-14-17-20/h12-14,16-17,19H,3-11,15,18H2,1-2H3,(H2,22,23,24). The molecule has 0 bridgehead atoms. The van der Waals surface area contributed by atoms with E-state index in [1.54, 1.807) is 0 Å². The number of rotatable bonds is 13. The van der Waals surface area contributed by atoms with Crippen LogP contribution in [0.3, 0.4) is 0 Å². The van der Waals surface area contributed by atoms with Crippen molar-refractivity contribution in [2.75, 3.05) is 6.54 Å². The second-order valence-electron chi connectivity index (χ2n) is 6.71. The van der Waals surface area contributed by atoms with Gasteiger partial charge in [0.1, 0.15) is 0 Å². The largest absolute Gasteiger partial charge is 0.338 e. The van der Waals surface area contributed by atoms with Gasteiger partial charge < -0.3 is 10.6 Å². The van der Waals surface area contributed by atoms with Crippen molar-refractivity contribution in [2.45, 2.75) is 84.1 Å². The van der Waals surface area contributed by atoms with E-state index in [9.17, 15) is 4.79 Å². The van der Waals surface area contributed by atoms with Gasteiger partial charge in [-0.05, 0) is 18.9 Å². The zero-order valence-electron chi connectivity index (χ0n) is 15.7. The van der Waals surface area contributed by atoms with Crippen molar-refractivity contribution in [3.8, 4) is 0 Å². The Morgan fingerprint density at radius 3 is 2.00 bits per heavy atom. The fourth-order valence-electron chi connectivity index (χ4n) is 2.89. The number of amides is 2. The molecular formula is C21H36N2O. The zero-order chi connectivity index (χ0) is 17.5. The first-order chi connectivity index (χ1) is 11.7. The van der Waals surface area contributed by atoms with Crippen LogP contribution in [0, 0.1) is 0 Å². The summed E-state index contributed by atoms with van der Waals surface area (Å²) in [4.78, 5) is 11.9. The Balaban J connectivity index is 1.93. The first-order valence-corrected chi connectivity index (χ1v) is 9.83. The van der Waals surface area contributed by atoms with E-state index in [4.69, 9.17) is 0 Å². The lowest BCUT2D eigenvalue weighted by molar-refractivity contribution is 0.237. The van der Waals surface area contributed by atoms with Crippen LogP contribution in [0.4, 0.5) is 4.79 Å². The number of carbonyl (C=O) groups is 1. The summed E-state index contributed by atoms with van der Waals surface area (Å²) >= 11 is 0. The van der Waals surface area contributed by atoms with Gasteiger partial charge >= 0.3 is 6.03 Å². The molecule has 0 aliphatic rings. The van der Waals surface area contributed by atoms with Gasteiger partial charge in [-0.1, -0.05) is 95.0 Å². The quantitative estimate of drug-likeness (QED) is 0.429.